The van der Waals surface area contributed by atoms with Crippen LogP contribution in [0.5, 0.6) is 0 Å². The number of ether oxygens (including phenoxy) is 1. The van der Waals surface area contributed by atoms with Crippen molar-refractivity contribution in [3.05, 3.63) is 68.0 Å². The number of carbonyl (C=O) groups excluding carboxylic acids is 1. The topological polar surface area (TPSA) is 48.3 Å². The first-order valence-electron chi connectivity index (χ1n) is 6.32. The number of esters is 1. The molecule has 2 rings (SSSR count). The summed E-state index contributed by atoms with van der Waals surface area (Å²) in [4.78, 5) is 24.4. The van der Waals surface area contributed by atoms with Gasteiger partial charge in [-0.3, -0.25) is 9.36 Å². The van der Waals surface area contributed by atoms with Crippen LogP contribution in [-0.2, 0) is 9.53 Å². The first-order chi connectivity index (χ1) is 10.0. The van der Waals surface area contributed by atoms with Crippen LogP contribution in [0.4, 0.5) is 0 Å². The van der Waals surface area contributed by atoms with Crippen LogP contribution in [-0.4, -0.2) is 17.1 Å². The van der Waals surface area contributed by atoms with Gasteiger partial charge in [-0.05, 0) is 30.7 Å². The van der Waals surface area contributed by atoms with Crippen molar-refractivity contribution in [3.63, 3.8) is 0 Å². The summed E-state index contributed by atoms with van der Waals surface area (Å²) in [6, 6.07) is 9.06. The Labute approximate surface area is 135 Å². The number of pyridine rings is 1. The Kier molecular flexibility index (Phi) is 5.20. The number of halogens is 2. The predicted octanol–water partition coefficient (Wildman–Crippen LogP) is 3.42. The van der Waals surface area contributed by atoms with E-state index in [4.69, 9.17) is 16.3 Å². The zero-order valence-electron chi connectivity index (χ0n) is 11.3. The smallest absolute Gasteiger partial charge is 0.333 e. The van der Waals surface area contributed by atoms with Gasteiger partial charge >= 0.3 is 5.97 Å². The highest BCUT2D eigenvalue weighted by atomic mass is 79.9. The highest BCUT2D eigenvalue weighted by Crippen LogP contribution is 2.22. The number of benzene rings is 1. The summed E-state index contributed by atoms with van der Waals surface area (Å²) in [5.74, 6) is -0.496. The molecule has 110 valence electrons. The van der Waals surface area contributed by atoms with Crippen LogP contribution >= 0.6 is 27.5 Å². The Bertz CT molecular complexity index is 714. The number of rotatable bonds is 4. The summed E-state index contributed by atoms with van der Waals surface area (Å²) in [6.45, 7) is 1.96. The normalized spacial score (nSPS) is 12.0. The fraction of sp³-hybridized carbons (Fsp3) is 0.200. The summed E-state index contributed by atoms with van der Waals surface area (Å²) in [6.07, 6.45) is 1.55. The maximum Gasteiger partial charge on any atom is 0.333 e. The van der Waals surface area contributed by atoms with Gasteiger partial charge in [0.15, 0.2) is 6.04 Å². The van der Waals surface area contributed by atoms with Gasteiger partial charge in [-0.25, -0.2) is 4.79 Å². The quantitative estimate of drug-likeness (QED) is 0.775. The molecule has 1 unspecified atom stereocenters. The van der Waals surface area contributed by atoms with E-state index in [-0.39, 0.29) is 12.2 Å². The van der Waals surface area contributed by atoms with Gasteiger partial charge in [0.1, 0.15) is 0 Å². The van der Waals surface area contributed by atoms with Crippen LogP contribution < -0.4 is 5.56 Å². The molecule has 1 aromatic heterocycles. The zero-order valence-corrected chi connectivity index (χ0v) is 13.6. The maximum absolute atomic E-state index is 12.3. The Balaban J connectivity index is 2.55. The second-order valence-electron chi connectivity index (χ2n) is 4.30. The third kappa shape index (κ3) is 3.74. The van der Waals surface area contributed by atoms with E-state index in [1.165, 1.54) is 10.6 Å². The molecule has 0 saturated carbocycles. The van der Waals surface area contributed by atoms with Gasteiger partial charge in [-0.1, -0.05) is 39.7 Å². The van der Waals surface area contributed by atoms with Crippen molar-refractivity contribution in [2.24, 2.45) is 0 Å². The van der Waals surface area contributed by atoms with Crippen LogP contribution in [0, 0.1) is 0 Å². The molecule has 4 nitrogen and oxygen atoms in total. The number of nitrogens with zero attached hydrogens (tertiary/aromatic N) is 1. The highest BCUT2D eigenvalue weighted by molar-refractivity contribution is 9.10. The van der Waals surface area contributed by atoms with Gasteiger partial charge in [0.25, 0.3) is 5.56 Å². The first kappa shape index (κ1) is 15.8. The largest absolute Gasteiger partial charge is 0.464 e. The monoisotopic (exact) mass is 369 g/mol. The molecule has 0 bridgehead atoms. The van der Waals surface area contributed by atoms with Crippen LogP contribution in [0.25, 0.3) is 0 Å². The van der Waals surface area contributed by atoms with E-state index in [0.717, 1.165) is 0 Å². The van der Waals surface area contributed by atoms with Crippen molar-refractivity contribution in [1.29, 1.82) is 0 Å². The molecule has 0 fully saturated rings. The molecule has 0 aliphatic heterocycles. The zero-order chi connectivity index (χ0) is 15.4. The lowest BCUT2D eigenvalue weighted by atomic mass is 10.1. The van der Waals surface area contributed by atoms with Crippen LogP contribution in [0.3, 0.4) is 0 Å². The standard InChI is InChI=1S/C15H13BrClNO3/c1-2-21-15(20)14(10-4-3-5-12(17)8-10)18-7-6-11(16)9-13(18)19/h3-9,14H,2H2,1H3. The summed E-state index contributed by atoms with van der Waals surface area (Å²) >= 11 is 9.21. The minimum Gasteiger partial charge on any atom is -0.464 e. The first-order valence-corrected chi connectivity index (χ1v) is 7.50. The Morgan fingerprint density at radius 2 is 2.14 bits per heavy atom. The lowest BCUT2D eigenvalue weighted by molar-refractivity contribution is -0.145. The number of hydrogen-bond acceptors (Lipinski definition) is 3. The molecule has 21 heavy (non-hydrogen) atoms. The maximum atomic E-state index is 12.3. The third-order valence-electron chi connectivity index (χ3n) is 2.86. The van der Waals surface area contributed by atoms with Crippen LogP contribution in [0.15, 0.2) is 51.9 Å². The fourth-order valence-electron chi connectivity index (χ4n) is 1.99. The Morgan fingerprint density at radius 1 is 1.38 bits per heavy atom. The van der Waals surface area contributed by atoms with Gasteiger partial charge < -0.3 is 4.74 Å². The Hall–Kier alpha value is -1.59. The molecule has 0 N–H and O–H groups in total. The van der Waals surface area contributed by atoms with Gasteiger partial charge in [-0.15, -0.1) is 0 Å². The molecule has 0 saturated heterocycles. The SMILES string of the molecule is CCOC(=O)C(c1cccc(Cl)c1)n1ccc(Br)cc1=O. The molecule has 1 heterocycles. The lowest BCUT2D eigenvalue weighted by Crippen LogP contribution is -2.31. The molecule has 2 aromatic rings. The number of carbonyl (C=O) groups is 1. The molecule has 0 radical (unpaired) electrons. The molecule has 0 spiro atoms. The molecule has 1 aromatic carbocycles. The molecule has 1 atom stereocenters. The molecule has 0 amide bonds. The number of aromatic nitrogens is 1. The molecule has 0 aliphatic rings. The highest BCUT2D eigenvalue weighted by Gasteiger charge is 2.25. The second-order valence-corrected chi connectivity index (χ2v) is 5.65. The van der Waals surface area contributed by atoms with Crippen LogP contribution in [0.2, 0.25) is 5.02 Å². The van der Waals surface area contributed by atoms with Gasteiger partial charge in [-0.2, -0.15) is 0 Å². The predicted molar refractivity (Wildman–Crippen MR) is 84.6 cm³/mol. The van der Waals surface area contributed by atoms with E-state index >= 15 is 0 Å². The van der Waals surface area contributed by atoms with E-state index in [9.17, 15) is 9.59 Å². The van der Waals surface area contributed by atoms with Gasteiger partial charge in [0, 0.05) is 21.8 Å². The second kappa shape index (κ2) is 6.91. The van der Waals surface area contributed by atoms with Crippen molar-refractivity contribution < 1.29 is 9.53 Å². The summed E-state index contributed by atoms with van der Waals surface area (Å²) in [7, 11) is 0. The molecular formula is C15H13BrClNO3. The summed E-state index contributed by atoms with van der Waals surface area (Å²) in [5.41, 5.74) is 0.299. The van der Waals surface area contributed by atoms with E-state index in [2.05, 4.69) is 15.9 Å². The molecule has 0 aliphatic carbocycles. The van der Waals surface area contributed by atoms with Crippen molar-refractivity contribution in [2.45, 2.75) is 13.0 Å². The van der Waals surface area contributed by atoms with E-state index in [1.807, 2.05) is 0 Å². The fourth-order valence-corrected chi connectivity index (χ4v) is 2.50. The minimum atomic E-state index is -0.857. The van der Waals surface area contributed by atoms with Crippen molar-refractivity contribution in [2.75, 3.05) is 6.61 Å². The van der Waals surface area contributed by atoms with E-state index in [0.29, 0.717) is 15.1 Å². The molecule has 6 heteroatoms. The average Bonchev–Trinajstić information content (AvgIpc) is 2.42. The minimum absolute atomic E-state index is 0.237. The molecular weight excluding hydrogens is 358 g/mol. The van der Waals surface area contributed by atoms with Crippen LogP contribution in [0.1, 0.15) is 18.5 Å². The average molecular weight is 371 g/mol. The van der Waals surface area contributed by atoms with Crippen molar-refractivity contribution >= 4 is 33.5 Å². The van der Waals surface area contributed by atoms with Gasteiger partial charge in [0.2, 0.25) is 0 Å². The van der Waals surface area contributed by atoms with Gasteiger partial charge in [0.05, 0.1) is 6.61 Å². The lowest BCUT2D eigenvalue weighted by Gasteiger charge is -2.19. The van der Waals surface area contributed by atoms with Crippen molar-refractivity contribution in [1.82, 2.24) is 4.57 Å². The van der Waals surface area contributed by atoms with E-state index in [1.54, 1.807) is 43.5 Å². The number of hydrogen-bond donors (Lipinski definition) is 0. The van der Waals surface area contributed by atoms with E-state index < -0.39 is 12.0 Å². The summed E-state index contributed by atoms with van der Waals surface area (Å²) < 4.78 is 7.06. The third-order valence-corrected chi connectivity index (χ3v) is 3.59. The van der Waals surface area contributed by atoms with Crippen molar-refractivity contribution in [3.8, 4) is 0 Å². The summed E-state index contributed by atoms with van der Waals surface area (Å²) in [5, 5.41) is 0.493. The Morgan fingerprint density at radius 3 is 2.76 bits per heavy atom.